The van der Waals surface area contributed by atoms with Crippen molar-refractivity contribution in [3.8, 4) is 5.75 Å². The highest BCUT2D eigenvalue weighted by atomic mass is 35.5. The summed E-state index contributed by atoms with van der Waals surface area (Å²) in [6.07, 6.45) is 0. The lowest BCUT2D eigenvalue weighted by atomic mass is 10.1. The number of para-hydroxylation sites is 2. The van der Waals surface area contributed by atoms with E-state index in [1.54, 1.807) is 67.6 Å². The summed E-state index contributed by atoms with van der Waals surface area (Å²) in [5.74, 6) is -1.14. The van der Waals surface area contributed by atoms with Gasteiger partial charge in [-0.15, -0.1) is 0 Å². The van der Waals surface area contributed by atoms with Crippen LogP contribution in [0.5, 0.6) is 5.75 Å². The highest BCUT2D eigenvalue weighted by Crippen LogP contribution is 2.33. The lowest BCUT2D eigenvalue weighted by molar-refractivity contribution is -0.120. The van der Waals surface area contributed by atoms with Gasteiger partial charge in [0.2, 0.25) is 0 Å². The fraction of sp³-hybridized carbons (Fsp3) is 0.0800. The van der Waals surface area contributed by atoms with Crippen molar-refractivity contribution in [1.82, 2.24) is 0 Å². The lowest BCUT2D eigenvalue weighted by Crippen LogP contribution is -2.32. The van der Waals surface area contributed by atoms with E-state index in [4.69, 9.17) is 27.9 Å². The van der Waals surface area contributed by atoms with E-state index in [0.29, 0.717) is 39.0 Å². The molecule has 7 nitrogen and oxygen atoms in total. The molecule has 172 valence electrons. The molecule has 3 amide bonds. The molecule has 0 atom stereocenters. The number of methoxy groups -OCH3 is 1. The molecule has 2 N–H and O–H groups in total. The van der Waals surface area contributed by atoms with Gasteiger partial charge >= 0.3 is 0 Å². The highest BCUT2D eigenvalue weighted by molar-refractivity contribution is 6.53. The molecule has 0 bridgehead atoms. The Morgan fingerprint density at radius 1 is 0.941 bits per heavy atom. The third-order valence-electron chi connectivity index (χ3n) is 5.19. The summed E-state index contributed by atoms with van der Waals surface area (Å²) in [4.78, 5) is 39.6. The summed E-state index contributed by atoms with van der Waals surface area (Å²) in [6.45, 7) is 1.76. The molecule has 1 aliphatic rings. The molecule has 0 spiro atoms. The Kier molecular flexibility index (Phi) is 6.58. The fourth-order valence-electron chi connectivity index (χ4n) is 3.48. The molecule has 4 rings (SSSR count). The van der Waals surface area contributed by atoms with Gasteiger partial charge in [0.1, 0.15) is 16.5 Å². The van der Waals surface area contributed by atoms with E-state index in [-0.39, 0.29) is 16.6 Å². The first kappa shape index (κ1) is 23.4. The number of nitrogens with one attached hydrogen (secondary N) is 2. The minimum atomic E-state index is -0.662. The third kappa shape index (κ3) is 4.48. The van der Waals surface area contributed by atoms with Gasteiger partial charge in [0, 0.05) is 16.3 Å². The van der Waals surface area contributed by atoms with E-state index in [1.165, 1.54) is 13.2 Å². The number of hydrogen-bond donors (Lipinski definition) is 2. The standard InChI is InChI=1S/C25H19Cl2N3O4/c1-14-10-11-16(26)13-19(14)30-24(32)21(27)22(25(30)33)28-17-7-5-6-15(12-17)23(31)29-18-8-3-4-9-20(18)34-2/h3-13,28H,1-2H3,(H,29,31). The Morgan fingerprint density at radius 2 is 1.71 bits per heavy atom. The molecule has 1 aliphatic heterocycles. The number of halogens is 2. The van der Waals surface area contributed by atoms with Gasteiger partial charge in [0.15, 0.2) is 0 Å². The van der Waals surface area contributed by atoms with Crippen LogP contribution in [0.25, 0.3) is 0 Å². The van der Waals surface area contributed by atoms with Crippen molar-refractivity contribution in [2.24, 2.45) is 0 Å². The van der Waals surface area contributed by atoms with Gasteiger partial charge in [0.25, 0.3) is 17.7 Å². The summed E-state index contributed by atoms with van der Waals surface area (Å²) >= 11 is 12.3. The number of carbonyl (C=O) groups is 3. The molecule has 0 saturated carbocycles. The summed E-state index contributed by atoms with van der Waals surface area (Å²) in [5.41, 5.74) is 2.20. The van der Waals surface area contributed by atoms with E-state index >= 15 is 0 Å². The largest absolute Gasteiger partial charge is 0.495 e. The van der Waals surface area contributed by atoms with Crippen molar-refractivity contribution in [2.75, 3.05) is 22.6 Å². The third-order valence-corrected chi connectivity index (χ3v) is 5.77. The fourth-order valence-corrected chi connectivity index (χ4v) is 3.86. The Hall–Kier alpha value is -3.81. The molecule has 3 aromatic carbocycles. The van der Waals surface area contributed by atoms with Crippen LogP contribution in [0.15, 0.2) is 77.5 Å². The molecule has 1 heterocycles. The maximum atomic E-state index is 13.1. The van der Waals surface area contributed by atoms with Gasteiger partial charge in [-0.1, -0.05) is 47.5 Å². The van der Waals surface area contributed by atoms with Gasteiger partial charge in [-0.3, -0.25) is 14.4 Å². The molecule has 34 heavy (non-hydrogen) atoms. The zero-order valence-corrected chi connectivity index (χ0v) is 19.7. The Morgan fingerprint density at radius 3 is 2.47 bits per heavy atom. The maximum Gasteiger partial charge on any atom is 0.283 e. The van der Waals surface area contributed by atoms with Gasteiger partial charge in [-0.05, 0) is 55.0 Å². The van der Waals surface area contributed by atoms with Crippen LogP contribution in [0.2, 0.25) is 5.02 Å². The second kappa shape index (κ2) is 9.59. The first-order valence-corrected chi connectivity index (χ1v) is 10.9. The zero-order valence-electron chi connectivity index (χ0n) is 18.2. The topological polar surface area (TPSA) is 87.7 Å². The summed E-state index contributed by atoms with van der Waals surface area (Å²) in [6, 6.07) is 18.4. The Bertz CT molecular complexity index is 1350. The van der Waals surface area contributed by atoms with Gasteiger partial charge < -0.3 is 15.4 Å². The molecule has 0 aromatic heterocycles. The number of hydrogen-bond acceptors (Lipinski definition) is 5. The van der Waals surface area contributed by atoms with E-state index < -0.39 is 11.8 Å². The van der Waals surface area contributed by atoms with Crippen LogP contribution in [0.4, 0.5) is 17.1 Å². The molecule has 0 aliphatic carbocycles. The second-order valence-electron chi connectivity index (χ2n) is 7.43. The Balaban J connectivity index is 1.57. The average molecular weight is 496 g/mol. The summed E-state index contributed by atoms with van der Waals surface area (Å²) in [7, 11) is 1.51. The summed E-state index contributed by atoms with van der Waals surface area (Å²) < 4.78 is 5.26. The number of imide groups is 1. The molecule has 9 heteroatoms. The predicted molar refractivity (Wildman–Crippen MR) is 133 cm³/mol. The molecule has 0 fully saturated rings. The zero-order chi connectivity index (χ0) is 24.4. The van der Waals surface area contributed by atoms with Crippen molar-refractivity contribution in [1.29, 1.82) is 0 Å². The maximum absolute atomic E-state index is 13.1. The van der Waals surface area contributed by atoms with E-state index in [9.17, 15) is 14.4 Å². The van der Waals surface area contributed by atoms with Crippen molar-refractivity contribution in [2.45, 2.75) is 6.92 Å². The smallest absolute Gasteiger partial charge is 0.283 e. The van der Waals surface area contributed by atoms with Crippen LogP contribution >= 0.6 is 23.2 Å². The number of benzene rings is 3. The van der Waals surface area contributed by atoms with E-state index in [0.717, 1.165) is 4.90 Å². The molecular weight excluding hydrogens is 477 g/mol. The first-order chi connectivity index (χ1) is 16.3. The van der Waals surface area contributed by atoms with Crippen LogP contribution in [-0.2, 0) is 9.59 Å². The SMILES string of the molecule is COc1ccccc1NC(=O)c1cccc(NC2=C(Cl)C(=O)N(c3cc(Cl)ccc3C)C2=O)c1. The van der Waals surface area contributed by atoms with Crippen LogP contribution < -0.4 is 20.3 Å². The lowest BCUT2D eigenvalue weighted by Gasteiger charge is -2.18. The van der Waals surface area contributed by atoms with Crippen LogP contribution in [0.1, 0.15) is 15.9 Å². The van der Waals surface area contributed by atoms with Crippen molar-refractivity contribution < 1.29 is 19.1 Å². The van der Waals surface area contributed by atoms with Gasteiger partial charge in [-0.25, -0.2) is 4.90 Å². The molecule has 3 aromatic rings. The van der Waals surface area contributed by atoms with Crippen molar-refractivity contribution >= 4 is 58.0 Å². The minimum absolute atomic E-state index is 0.0895. The monoisotopic (exact) mass is 495 g/mol. The molecule has 0 radical (unpaired) electrons. The Labute approximate surface area is 205 Å². The average Bonchev–Trinajstić information content (AvgIpc) is 3.04. The molecule has 0 unspecified atom stereocenters. The first-order valence-electron chi connectivity index (χ1n) is 10.2. The van der Waals surface area contributed by atoms with Crippen LogP contribution in [-0.4, -0.2) is 24.8 Å². The number of nitrogens with zero attached hydrogens (tertiary/aromatic N) is 1. The highest BCUT2D eigenvalue weighted by Gasteiger charge is 2.39. The van der Waals surface area contributed by atoms with Crippen molar-refractivity contribution in [3.63, 3.8) is 0 Å². The number of aryl methyl sites for hydroxylation is 1. The van der Waals surface area contributed by atoms with Crippen LogP contribution in [0.3, 0.4) is 0 Å². The predicted octanol–water partition coefficient (Wildman–Crippen LogP) is 5.35. The van der Waals surface area contributed by atoms with Crippen LogP contribution in [0, 0.1) is 6.92 Å². The van der Waals surface area contributed by atoms with E-state index in [1.807, 2.05) is 0 Å². The number of rotatable bonds is 6. The van der Waals surface area contributed by atoms with Gasteiger partial charge in [-0.2, -0.15) is 0 Å². The molecular formula is C25H19Cl2N3O4. The van der Waals surface area contributed by atoms with Crippen molar-refractivity contribution in [3.05, 3.63) is 93.6 Å². The normalized spacial score (nSPS) is 13.4. The van der Waals surface area contributed by atoms with Gasteiger partial charge in [0.05, 0.1) is 18.5 Å². The number of amides is 3. The molecule has 0 saturated heterocycles. The minimum Gasteiger partial charge on any atom is -0.495 e. The number of carbonyl (C=O) groups excluding carboxylic acids is 3. The van der Waals surface area contributed by atoms with E-state index in [2.05, 4.69) is 10.6 Å². The number of anilines is 3. The number of ether oxygens (including phenoxy) is 1. The quantitative estimate of drug-likeness (QED) is 0.450. The second-order valence-corrected chi connectivity index (χ2v) is 8.24. The summed E-state index contributed by atoms with van der Waals surface area (Å²) in [5, 5.41) is 5.80.